The van der Waals surface area contributed by atoms with Gasteiger partial charge in [-0.15, -0.1) is 0 Å². The van der Waals surface area contributed by atoms with E-state index in [0.29, 0.717) is 11.6 Å². The molecule has 2 aromatic rings. The van der Waals surface area contributed by atoms with E-state index in [4.69, 9.17) is 5.73 Å². The third-order valence-corrected chi connectivity index (χ3v) is 3.47. The predicted octanol–water partition coefficient (Wildman–Crippen LogP) is 3.32. The highest BCUT2D eigenvalue weighted by Gasteiger charge is 2.10. The van der Waals surface area contributed by atoms with Gasteiger partial charge in [-0.25, -0.2) is 4.98 Å². The summed E-state index contributed by atoms with van der Waals surface area (Å²) in [4.78, 5) is 12.8. The van der Waals surface area contributed by atoms with Gasteiger partial charge in [-0.2, -0.15) is 9.97 Å². The van der Waals surface area contributed by atoms with Crippen LogP contribution in [0.2, 0.25) is 0 Å². The van der Waals surface area contributed by atoms with Crippen LogP contribution in [-0.4, -0.2) is 15.0 Å². The Kier molecular flexibility index (Phi) is 3.61. The second-order valence-electron chi connectivity index (χ2n) is 4.49. The summed E-state index contributed by atoms with van der Waals surface area (Å²) in [5.41, 5.74) is 7.83. The summed E-state index contributed by atoms with van der Waals surface area (Å²) in [6.07, 6.45) is 0. The molecule has 0 atom stereocenters. The SMILES string of the molecule is Cc1ccc(-c2nc(N)nc(C(C)C)n2)cc1Br. The van der Waals surface area contributed by atoms with E-state index in [2.05, 4.69) is 30.9 Å². The molecular weight excluding hydrogens is 292 g/mol. The molecule has 0 bridgehead atoms. The third kappa shape index (κ3) is 2.67. The summed E-state index contributed by atoms with van der Waals surface area (Å²) >= 11 is 3.51. The minimum Gasteiger partial charge on any atom is -0.368 e. The van der Waals surface area contributed by atoms with Crippen LogP contribution in [0.1, 0.15) is 31.2 Å². The Labute approximate surface area is 115 Å². The van der Waals surface area contributed by atoms with E-state index in [-0.39, 0.29) is 11.9 Å². The lowest BCUT2D eigenvalue weighted by Gasteiger charge is -2.08. The van der Waals surface area contributed by atoms with Gasteiger partial charge in [-0.05, 0) is 18.6 Å². The van der Waals surface area contributed by atoms with Gasteiger partial charge in [0.2, 0.25) is 5.95 Å². The smallest absolute Gasteiger partial charge is 0.223 e. The van der Waals surface area contributed by atoms with Gasteiger partial charge >= 0.3 is 0 Å². The molecule has 2 rings (SSSR count). The number of hydrogen-bond donors (Lipinski definition) is 1. The molecule has 18 heavy (non-hydrogen) atoms. The van der Waals surface area contributed by atoms with Crippen molar-refractivity contribution in [2.45, 2.75) is 26.7 Å². The number of aromatic nitrogens is 3. The Morgan fingerprint density at radius 3 is 2.50 bits per heavy atom. The number of benzene rings is 1. The maximum Gasteiger partial charge on any atom is 0.223 e. The quantitative estimate of drug-likeness (QED) is 0.924. The van der Waals surface area contributed by atoms with Crippen molar-refractivity contribution in [2.75, 3.05) is 5.73 Å². The number of nitrogens with zero attached hydrogens (tertiary/aromatic N) is 3. The first kappa shape index (κ1) is 13.0. The van der Waals surface area contributed by atoms with Gasteiger partial charge in [-0.3, -0.25) is 0 Å². The van der Waals surface area contributed by atoms with Crippen molar-refractivity contribution in [1.82, 2.24) is 15.0 Å². The molecule has 0 aliphatic carbocycles. The van der Waals surface area contributed by atoms with E-state index in [1.54, 1.807) is 0 Å². The van der Waals surface area contributed by atoms with Crippen LogP contribution < -0.4 is 5.73 Å². The van der Waals surface area contributed by atoms with Crippen LogP contribution in [0.4, 0.5) is 5.95 Å². The van der Waals surface area contributed by atoms with Crippen LogP contribution in [0.3, 0.4) is 0 Å². The molecule has 0 saturated heterocycles. The first-order valence-corrected chi connectivity index (χ1v) is 6.54. The Morgan fingerprint density at radius 1 is 1.17 bits per heavy atom. The zero-order chi connectivity index (χ0) is 13.3. The largest absolute Gasteiger partial charge is 0.368 e. The number of rotatable bonds is 2. The Balaban J connectivity index is 2.53. The van der Waals surface area contributed by atoms with E-state index < -0.39 is 0 Å². The van der Waals surface area contributed by atoms with Gasteiger partial charge in [0, 0.05) is 16.0 Å². The van der Waals surface area contributed by atoms with Crippen LogP contribution >= 0.6 is 15.9 Å². The van der Waals surface area contributed by atoms with E-state index in [9.17, 15) is 0 Å². The van der Waals surface area contributed by atoms with Crippen molar-refractivity contribution in [1.29, 1.82) is 0 Å². The molecule has 5 heteroatoms. The fourth-order valence-electron chi connectivity index (χ4n) is 1.53. The standard InChI is InChI=1S/C13H15BrN4/c1-7(2)11-16-12(18-13(15)17-11)9-5-4-8(3)10(14)6-9/h4-7H,1-3H3,(H2,15,16,17,18). The summed E-state index contributed by atoms with van der Waals surface area (Å²) in [5.74, 6) is 1.82. The Hall–Kier alpha value is -1.49. The van der Waals surface area contributed by atoms with Gasteiger partial charge in [-0.1, -0.05) is 41.9 Å². The molecule has 1 heterocycles. The number of halogens is 1. The topological polar surface area (TPSA) is 64.7 Å². The van der Waals surface area contributed by atoms with Crippen LogP contribution in [0.25, 0.3) is 11.4 Å². The van der Waals surface area contributed by atoms with E-state index in [0.717, 1.165) is 10.0 Å². The molecule has 1 aromatic carbocycles. The lowest BCUT2D eigenvalue weighted by atomic mass is 10.1. The summed E-state index contributed by atoms with van der Waals surface area (Å²) in [5, 5.41) is 0. The lowest BCUT2D eigenvalue weighted by molar-refractivity contribution is 0.767. The zero-order valence-electron chi connectivity index (χ0n) is 10.6. The van der Waals surface area contributed by atoms with Gasteiger partial charge in [0.25, 0.3) is 0 Å². The second kappa shape index (κ2) is 5.02. The fourth-order valence-corrected chi connectivity index (χ4v) is 1.91. The van der Waals surface area contributed by atoms with Gasteiger partial charge < -0.3 is 5.73 Å². The van der Waals surface area contributed by atoms with Gasteiger partial charge in [0.05, 0.1) is 0 Å². The predicted molar refractivity (Wildman–Crippen MR) is 76.2 cm³/mol. The minimum absolute atomic E-state index is 0.225. The molecule has 0 unspecified atom stereocenters. The lowest BCUT2D eigenvalue weighted by Crippen LogP contribution is -2.06. The Morgan fingerprint density at radius 2 is 1.89 bits per heavy atom. The van der Waals surface area contributed by atoms with Crippen molar-refractivity contribution in [3.63, 3.8) is 0 Å². The average molecular weight is 307 g/mol. The molecule has 2 N–H and O–H groups in total. The first-order valence-electron chi connectivity index (χ1n) is 5.75. The monoisotopic (exact) mass is 306 g/mol. The molecule has 0 fully saturated rings. The summed E-state index contributed by atoms with van der Waals surface area (Å²) in [7, 11) is 0. The highest BCUT2D eigenvalue weighted by molar-refractivity contribution is 9.10. The normalized spacial score (nSPS) is 10.9. The molecule has 0 saturated carbocycles. The number of aryl methyl sites for hydroxylation is 1. The molecule has 0 radical (unpaired) electrons. The molecule has 0 aliphatic heterocycles. The number of hydrogen-bond acceptors (Lipinski definition) is 4. The maximum absolute atomic E-state index is 5.73. The second-order valence-corrected chi connectivity index (χ2v) is 5.35. The maximum atomic E-state index is 5.73. The molecular formula is C13H15BrN4. The summed E-state index contributed by atoms with van der Waals surface area (Å²) < 4.78 is 1.03. The van der Waals surface area contributed by atoms with Crippen LogP contribution in [0.5, 0.6) is 0 Å². The van der Waals surface area contributed by atoms with Crippen molar-refractivity contribution < 1.29 is 0 Å². The van der Waals surface area contributed by atoms with Crippen molar-refractivity contribution in [3.8, 4) is 11.4 Å². The van der Waals surface area contributed by atoms with Crippen molar-refractivity contribution in [3.05, 3.63) is 34.1 Å². The Bertz CT molecular complexity index is 581. The zero-order valence-corrected chi connectivity index (χ0v) is 12.2. The van der Waals surface area contributed by atoms with Crippen LogP contribution in [0, 0.1) is 6.92 Å². The molecule has 0 spiro atoms. The molecule has 1 aromatic heterocycles. The van der Waals surface area contributed by atoms with Crippen LogP contribution in [0.15, 0.2) is 22.7 Å². The highest BCUT2D eigenvalue weighted by Crippen LogP contribution is 2.24. The number of anilines is 1. The van der Waals surface area contributed by atoms with E-state index in [1.807, 2.05) is 39.0 Å². The average Bonchev–Trinajstić information content (AvgIpc) is 2.31. The van der Waals surface area contributed by atoms with E-state index in [1.165, 1.54) is 5.56 Å². The highest BCUT2D eigenvalue weighted by atomic mass is 79.9. The molecule has 94 valence electrons. The third-order valence-electron chi connectivity index (χ3n) is 2.62. The van der Waals surface area contributed by atoms with Crippen molar-refractivity contribution in [2.24, 2.45) is 0 Å². The van der Waals surface area contributed by atoms with Gasteiger partial charge in [0.1, 0.15) is 5.82 Å². The number of nitrogen functional groups attached to an aromatic ring is 1. The minimum atomic E-state index is 0.225. The summed E-state index contributed by atoms with van der Waals surface area (Å²) in [6.45, 7) is 6.10. The van der Waals surface area contributed by atoms with Crippen LogP contribution in [-0.2, 0) is 0 Å². The molecule has 0 aliphatic rings. The van der Waals surface area contributed by atoms with Gasteiger partial charge in [0.15, 0.2) is 5.82 Å². The number of nitrogens with two attached hydrogens (primary N) is 1. The molecule has 4 nitrogen and oxygen atoms in total. The van der Waals surface area contributed by atoms with Crippen molar-refractivity contribution >= 4 is 21.9 Å². The summed E-state index contributed by atoms with van der Waals surface area (Å²) in [6, 6.07) is 6.00. The fraction of sp³-hybridized carbons (Fsp3) is 0.308. The first-order chi connectivity index (χ1) is 8.47. The van der Waals surface area contributed by atoms with E-state index >= 15 is 0 Å². The molecule has 0 amide bonds.